The van der Waals surface area contributed by atoms with Gasteiger partial charge in [0.05, 0.1) is 0 Å². The van der Waals surface area contributed by atoms with Crippen LogP contribution in [-0.2, 0) is 4.79 Å². The molecule has 1 rings (SSSR count). The van der Waals surface area contributed by atoms with Gasteiger partial charge in [-0.3, -0.25) is 4.79 Å². The summed E-state index contributed by atoms with van der Waals surface area (Å²) in [6.45, 7) is 4.80. The summed E-state index contributed by atoms with van der Waals surface area (Å²) in [6.07, 6.45) is 1.98. The second-order valence-corrected chi connectivity index (χ2v) is 6.04. The van der Waals surface area contributed by atoms with Crippen LogP contribution in [0.3, 0.4) is 0 Å². The minimum atomic E-state index is -4.54. The van der Waals surface area contributed by atoms with Gasteiger partial charge in [0.2, 0.25) is 0 Å². The Morgan fingerprint density at radius 1 is 1.00 bits per heavy atom. The Labute approximate surface area is 131 Å². The zero-order chi connectivity index (χ0) is 16.6. The molecule has 5 heteroatoms. The van der Waals surface area contributed by atoms with Crippen LogP contribution in [0.4, 0.5) is 13.2 Å². The minimum Gasteiger partial charge on any atom is -0.339 e. The molecule has 22 heavy (non-hydrogen) atoms. The summed E-state index contributed by atoms with van der Waals surface area (Å²) in [5.74, 6) is -0.800. The van der Waals surface area contributed by atoms with E-state index in [0.29, 0.717) is 31.5 Å². The molecule has 0 heterocycles. The zero-order valence-electron chi connectivity index (χ0n) is 13.8. The van der Waals surface area contributed by atoms with Gasteiger partial charge < -0.3 is 4.90 Å². The van der Waals surface area contributed by atoms with Crippen molar-refractivity contribution in [3.05, 3.63) is 11.1 Å². The van der Waals surface area contributed by atoms with Gasteiger partial charge in [-0.25, -0.2) is 0 Å². The number of halogens is 3. The lowest BCUT2D eigenvalue weighted by atomic mass is 9.90. The van der Waals surface area contributed by atoms with Gasteiger partial charge in [-0.2, -0.15) is 13.2 Å². The molecular formula is C17H28F3NO. The molecule has 0 unspecified atom stereocenters. The van der Waals surface area contributed by atoms with Crippen molar-refractivity contribution in [3.63, 3.8) is 0 Å². The lowest BCUT2D eigenvalue weighted by molar-refractivity contribution is -0.140. The van der Waals surface area contributed by atoms with E-state index in [0.717, 1.165) is 44.9 Å². The first-order valence-corrected chi connectivity index (χ1v) is 8.50. The van der Waals surface area contributed by atoms with Crippen LogP contribution in [0.25, 0.3) is 0 Å². The van der Waals surface area contributed by atoms with Crippen LogP contribution in [0.2, 0.25) is 0 Å². The van der Waals surface area contributed by atoms with Crippen LogP contribution in [0.15, 0.2) is 11.1 Å². The smallest absolute Gasteiger partial charge is 0.339 e. The molecular weight excluding hydrogens is 291 g/mol. The van der Waals surface area contributed by atoms with Crippen LogP contribution in [0.5, 0.6) is 0 Å². The van der Waals surface area contributed by atoms with Crippen molar-refractivity contribution >= 4 is 5.91 Å². The van der Waals surface area contributed by atoms with Gasteiger partial charge >= 0.3 is 6.18 Å². The van der Waals surface area contributed by atoms with Crippen LogP contribution < -0.4 is 0 Å². The zero-order valence-corrected chi connectivity index (χ0v) is 13.8. The lowest BCUT2D eigenvalue weighted by Gasteiger charge is -2.27. The van der Waals surface area contributed by atoms with E-state index in [2.05, 4.69) is 0 Å². The fourth-order valence-corrected chi connectivity index (χ4v) is 2.87. The van der Waals surface area contributed by atoms with Crippen molar-refractivity contribution in [3.8, 4) is 0 Å². The Balaban J connectivity index is 3.01. The van der Waals surface area contributed by atoms with Crippen molar-refractivity contribution in [2.24, 2.45) is 0 Å². The molecule has 0 saturated heterocycles. The molecule has 1 fully saturated rings. The van der Waals surface area contributed by atoms with Gasteiger partial charge in [0, 0.05) is 13.1 Å². The van der Waals surface area contributed by atoms with Crippen LogP contribution in [0, 0.1) is 0 Å². The van der Waals surface area contributed by atoms with Crippen molar-refractivity contribution < 1.29 is 18.0 Å². The Morgan fingerprint density at radius 3 is 1.91 bits per heavy atom. The van der Waals surface area contributed by atoms with Gasteiger partial charge in [-0.15, -0.1) is 0 Å². The number of hydrogen-bond acceptors (Lipinski definition) is 1. The molecule has 0 aromatic rings. The molecule has 2 nitrogen and oxygen atoms in total. The third-order valence-corrected chi connectivity index (χ3v) is 4.16. The largest absolute Gasteiger partial charge is 0.421 e. The van der Waals surface area contributed by atoms with E-state index in [-0.39, 0.29) is 0 Å². The van der Waals surface area contributed by atoms with E-state index in [4.69, 9.17) is 0 Å². The van der Waals surface area contributed by atoms with Gasteiger partial charge in [-0.1, -0.05) is 38.7 Å². The number of nitrogens with zero attached hydrogens (tertiary/aromatic N) is 1. The van der Waals surface area contributed by atoms with Gasteiger partial charge in [0.15, 0.2) is 0 Å². The first-order chi connectivity index (χ1) is 10.4. The summed E-state index contributed by atoms with van der Waals surface area (Å²) < 4.78 is 40.4. The molecule has 0 spiro atoms. The number of hydrogen-bond donors (Lipinski definition) is 0. The van der Waals surface area contributed by atoms with E-state index in [1.54, 1.807) is 0 Å². The standard InChI is InChI=1S/C17H28F3NO/c1-3-5-12-21(13-6-4-2)16(22)15(17(18,19)20)14-10-8-7-9-11-14/h3-13H2,1-2H3. The normalized spacial score (nSPS) is 15.8. The van der Waals surface area contributed by atoms with Crippen LogP contribution >= 0.6 is 0 Å². The van der Waals surface area contributed by atoms with Crippen LogP contribution in [0.1, 0.15) is 71.6 Å². The molecule has 0 aliphatic heterocycles. The van der Waals surface area contributed by atoms with E-state index in [1.165, 1.54) is 4.90 Å². The van der Waals surface area contributed by atoms with Crippen molar-refractivity contribution in [1.29, 1.82) is 0 Å². The van der Waals surface area contributed by atoms with Crippen molar-refractivity contribution in [2.45, 2.75) is 77.8 Å². The highest BCUT2D eigenvalue weighted by Gasteiger charge is 2.42. The highest BCUT2D eigenvalue weighted by molar-refractivity contribution is 5.95. The Bertz CT molecular complexity index is 372. The second kappa shape index (κ2) is 9.21. The molecule has 0 bridgehead atoms. The van der Waals surface area contributed by atoms with E-state index < -0.39 is 17.7 Å². The number of allylic oxidation sites excluding steroid dienone is 1. The third kappa shape index (κ3) is 5.65. The van der Waals surface area contributed by atoms with Gasteiger partial charge in [-0.05, 0) is 38.5 Å². The third-order valence-electron chi connectivity index (χ3n) is 4.16. The van der Waals surface area contributed by atoms with E-state index >= 15 is 0 Å². The monoisotopic (exact) mass is 319 g/mol. The maximum absolute atomic E-state index is 13.5. The van der Waals surface area contributed by atoms with Gasteiger partial charge in [0.1, 0.15) is 5.57 Å². The van der Waals surface area contributed by atoms with E-state index in [1.807, 2.05) is 13.8 Å². The highest BCUT2D eigenvalue weighted by Crippen LogP contribution is 2.36. The topological polar surface area (TPSA) is 20.3 Å². The number of carbonyl (C=O) groups excluding carboxylic acids is 1. The SMILES string of the molecule is CCCCN(CCCC)C(=O)C(=C1CCCCC1)C(F)(F)F. The fourth-order valence-electron chi connectivity index (χ4n) is 2.87. The predicted octanol–water partition coefficient (Wildman–Crippen LogP) is 5.24. The molecule has 1 aliphatic carbocycles. The Morgan fingerprint density at radius 2 is 1.50 bits per heavy atom. The number of alkyl halides is 3. The first kappa shape index (κ1) is 19.0. The summed E-state index contributed by atoms with van der Waals surface area (Å²) in [4.78, 5) is 14.0. The molecule has 0 N–H and O–H groups in total. The maximum atomic E-state index is 13.5. The quantitative estimate of drug-likeness (QED) is 0.588. The average Bonchev–Trinajstić information content (AvgIpc) is 2.47. The summed E-state index contributed by atoms with van der Waals surface area (Å²) >= 11 is 0. The number of rotatable bonds is 7. The number of amides is 1. The minimum absolute atomic E-state index is 0.321. The van der Waals surface area contributed by atoms with Gasteiger partial charge in [0.25, 0.3) is 5.91 Å². The van der Waals surface area contributed by atoms with Crippen molar-refractivity contribution in [2.75, 3.05) is 13.1 Å². The molecule has 0 radical (unpaired) electrons. The number of unbranched alkanes of at least 4 members (excludes halogenated alkanes) is 2. The molecule has 1 aliphatic rings. The molecule has 128 valence electrons. The Hall–Kier alpha value is -1.00. The maximum Gasteiger partial charge on any atom is 0.421 e. The second-order valence-electron chi connectivity index (χ2n) is 6.04. The molecule has 1 amide bonds. The summed E-state index contributed by atoms with van der Waals surface area (Å²) in [5, 5.41) is 0. The molecule has 0 aromatic heterocycles. The highest BCUT2D eigenvalue weighted by atomic mass is 19.4. The first-order valence-electron chi connectivity index (χ1n) is 8.50. The summed E-state index contributed by atoms with van der Waals surface area (Å²) in [5.41, 5.74) is -0.554. The fraction of sp³-hybridized carbons (Fsp3) is 0.824. The molecule has 0 aromatic carbocycles. The summed E-state index contributed by atoms with van der Waals surface area (Å²) in [6, 6.07) is 0. The predicted molar refractivity (Wildman–Crippen MR) is 82.6 cm³/mol. The average molecular weight is 319 g/mol. The molecule has 1 saturated carbocycles. The number of carbonyl (C=O) groups is 1. The van der Waals surface area contributed by atoms with E-state index in [9.17, 15) is 18.0 Å². The van der Waals surface area contributed by atoms with Crippen molar-refractivity contribution in [1.82, 2.24) is 4.90 Å². The van der Waals surface area contributed by atoms with Crippen LogP contribution in [-0.4, -0.2) is 30.1 Å². The summed E-state index contributed by atoms with van der Waals surface area (Å²) in [7, 11) is 0. The lowest BCUT2D eigenvalue weighted by Crippen LogP contribution is -2.39. The molecule has 0 atom stereocenters. The Kier molecular flexibility index (Phi) is 7.97.